The fourth-order valence-electron chi connectivity index (χ4n) is 2.85. The molecule has 1 aliphatic rings. The Bertz CT molecular complexity index is 747. The number of rotatable bonds is 11. The van der Waals surface area contributed by atoms with E-state index in [1.54, 1.807) is 6.07 Å². The van der Waals surface area contributed by atoms with Crippen LogP contribution in [-0.2, 0) is 10.5 Å². The minimum atomic E-state index is -4.02. The van der Waals surface area contributed by atoms with E-state index in [0.717, 1.165) is 17.8 Å². The number of thioether (sulfide) groups is 1. The minimum absolute atomic E-state index is 0.240. The number of amides is 2. The van der Waals surface area contributed by atoms with Gasteiger partial charge in [0.05, 0.1) is 11.5 Å². The smallest absolute Gasteiger partial charge is 0.335 e. The molecule has 1 fully saturated rings. The first-order valence-corrected chi connectivity index (χ1v) is 12.0. The molecule has 0 aromatic heterocycles. The minimum Gasteiger partial charge on any atom is -0.382 e. The second kappa shape index (κ2) is 10.5. The standard InChI is InChI=1S/C18H25F2N2O5PS/c19-18(20,14-6-2-1-3-7-14)16(23)9-8-15-12-21-17(24)22(15)10-4-5-11-29-13-28(25,26)27/h1-3,6-9,15-16,23H,4-5,10-13H2,(H,21,24)(H2,25,26,27). The molecule has 1 aromatic rings. The van der Waals surface area contributed by atoms with E-state index in [1.165, 1.54) is 35.2 Å². The number of urea groups is 1. The summed E-state index contributed by atoms with van der Waals surface area (Å²) in [4.78, 5) is 31.1. The number of hydrogen-bond donors (Lipinski definition) is 4. The number of unbranched alkanes of at least 4 members (excludes halogenated alkanes) is 1. The molecule has 11 heteroatoms. The third-order valence-electron chi connectivity index (χ3n) is 4.37. The number of nitrogens with zero attached hydrogens (tertiary/aromatic N) is 1. The number of nitrogens with one attached hydrogen (secondary N) is 1. The Morgan fingerprint density at radius 1 is 1.31 bits per heavy atom. The highest BCUT2D eigenvalue weighted by Gasteiger charge is 2.39. The van der Waals surface area contributed by atoms with Gasteiger partial charge in [0, 0.05) is 18.7 Å². The van der Waals surface area contributed by atoms with Gasteiger partial charge in [0.15, 0.2) is 0 Å². The summed E-state index contributed by atoms with van der Waals surface area (Å²) >= 11 is 1.15. The van der Waals surface area contributed by atoms with Crippen LogP contribution in [0, 0.1) is 0 Å². The lowest BCUT2D eigenvalue weighted by molar-refractivity contribution is -0.0929. The molecule has 4 N–H and O–H groups in total. The van der Waals surface area contributed by atoms with E-state index in [4.69, 9.17) is 9.79 Å². The largest absolute Gasteiger partial charge is 0.382 e. The van der Waals surface area contributed by atoms with Crippen LogP contribution in [0.2, 0.25) is 0 Å². The molecule has 1 aromatic carbocycles. The maximum absolute atomic E-state index is 14.3. The molecule has 162 valence electrons. The highest BCUT2D eigenvalue weighted by Crippen LogP contribution is 2.38. The Morgan fingerprint density at radius 3 is 2.66 bits per heavy atom. The van der Waals surface area contributed by atoms with E-state index in [2.05, 4.69) is 5.32 Å². The van der Waals surface area contributed by atoms with Crippen LogP contribution in [0.5, 0.6) is 0 Å². The average Bonchev–Trinajstić information content (AvgIpc) is 3.02. The first kappa shape index (κ1) is 23.8. The molecule has 1 heterocycles. The lowest BCUT2D eigenvalue weighted by Crippen LogP contribution is -2.35. The molecule has 7 nitrogen and oxygen atoms in total. The summed E-state index contributed by atoms with van der Waals surface area (Å²) in [6.45, 7) is 0.633. The van der Waals surface area contributed by atoms with Crippen LogP contribution in [0.15, 0.2) is 42.5 Å². The number of carbonyl (C=O) groups excluding carboxylic acids is 1. The van der Waals surface area contributed by atoms with E-state index in [-0.39, 0.29) is 23.6 Å². The topological polar surface area (TPSA) is 110 Å². The highest BCUT2D eigenvalue weighted by atomic mass is 32.2. The van der Waals surface area contributed by atoms with Crippen LogP contribution in [0.1, 0.15) is 18.4 Å². The van der Waals surface area contributed by atoms with E-state index >= 15 is 0 Å². The van der Waals surface area contributed by atoms with Gasteiger partial charge in [0.1, 0.15) is 6.10 Å². The van der Waals surface area contributed by atoms with E-state index in [9.17, 15) is 23.2 Å². The summed E-state index contributed by atoms with van der Waals surface area (Å²) in [5.41, 5.74) is -0.529. The fraction of sp³-hybridized carbons (Fsp3) is 0.500. The third-order valence-corrected chi connectivity index (χ3v) is 7.02. The van der Waals surface area contributed by atoms with Crippen LogP contribution in [-0.4, -0.2) is 62.3 Å². The van der Waals surface area contributed by atoms with Gasteiger partial charge in [-0.1, -0.05) is 42.5 Å². The van der Waals surface area contributed by atoms with Gasteiger partial charge < -0.3 is 25.1 Å². The predicted octanol–water partition coefficient (Wildman–Crippen LogP) is 2.74. The molecule has 1 saturated heterocycles. The maximum atomic E-state index is 14.3. The maximum Gasteiger partial charge on any atom is 0.335 e. The van der Waals surface area contributed by atoms with Crippen molar-refractivity contribution in [2.75, 3.05) is 24.3 Å². The monoisotopic (exact) mass is 450 g/mol. The number of aliphatic hydroxyl groups excluding tert-OH is 1. The number of halogens is 2. The third kappa shape index (κ3) is 7.38. The van der Waals surface area contributed by atoms with Gasteiger partial charge in [0.25, 0.3) is 0 Å². The molecule has 2 atom stereocenters. The van der Waals surface area contributed by atoms with Crippen molar-refractivity contribution >= 4 is 25.4 Å². The number of carbonyl (C=O) groups is 1. The van der Waals surface area contributed by atoms with Gasteiger partial charge in [-0.15, -0.1) is 11.8 Å². The zero-order valence-electron chi connectivity index (χ0n) is 15.7. The molecule has 29 heavy (non-hydrogen) atoms. The predicted molar refractivity (Wildman–Crippen MR) is 108 cm³/mol. The van der Waals surface area contributed by atoms with Crippen LogP contribution in [0.4, 0.5) is 13.6 Å². The number of aliphatic hydroxyl groups is 1. The van der Waals surface area contributed by atoms with Crippen molar-refractivity contribution < 1.29 is 33.0 Å². The van der Waals surface area contributed by atoms with E-state index in [0.29, 0.717) is 25.1 Å². The van der Waals surface area contributed by atoms with Gasteiger partial charge in [-0.2, -0.15) is 8.78 Å². The summed E-state index contributed by atoms with van der Waals surface area (Å²) in [6, 6.07) is 6.28. The van der Waals surface area contributed by atoms with Crippen molar-refractivity contribution in [2.45, 2.75) is 30.9 Å². The van der Waals surface area contributed by atoms with E-state index in [1.807, 2.05) is 0 Å². The second-order valence-electron chi connectivity index (χ2n) is 6.67. The van der Waals surface area contributed by atoms with Crippen molar-refractivity contribution in [1.29, 1.82) is 0 Å². The fourth-order valence-corrected chi connectivity index (χ4v) is 4.72. The van der Waals surface area contributed by atoms with Crippen LogP contribution >= 0.6 is 19.4 Å². The molecule has 2 unspecified atom stereocenters. The number of hydrogen-bond acceptors (Lipinski definition) is 4. The van der Waals surface area contributed by atoms with Crippen molar-refractivity contribution in [2.24, 2.45) is 0 Å². The SMILES string of the molecule is O=C1NCC(C=CC(O)C(F)(F)c2ccccc2)N1CCCCSCP(=O)(O)O. The van der Waals surface area contributed by atoms with Crippen LogP contribution in [0.3, 0.4) is 0 Å². The molecule has 0 aliphatic carbocycles. The summed E-state index contributed by atoms with van der Waals surface area (Å²) in [7, 11) is -4.02. The quantitative estimate of drug-likeness (QED) is 0.235. The average molecular weight is 450 g/mol. The van der Waals surface area contributed by atoms with E-state index < -0.39 is 25.7 Å². The molecular formula is C18H25F2N2O5PS. The zero-order valence-corrected chi connectivity index (χ0v) is 17.4. The Morgan fingerprint density at radius 2 is 2.00 bits per heavy atom. The van der Waals surface area contributed by atoms with Gasteiger partial charge in [-0.05, 0) is 18.6 Å². The van der Waals surface area contributed by atoms with Crippen LogP contribution in [0.25, 0.3) is 0 Å². The lowest BCUT2D eigenvalue weighted by atomic mass is 10.0. The Balaban J connectivity index is 1.85. The van der Waals surface area contributed by atoms with Gasteiger partial charge in [-0.25, -0.2) is 4.79 Å². The van der Waals surface area contributed by atoms with Gasteiger partial charge >= 0.3 is 19.5 Å². The molecule has 2 amide bonds. The molecule has 0 saturated carbocycles. The van der Waals surface area contributed by atoms with Crippen molar-refractivity contribution in [1.82, 2.24) is 10.2 Å². The van der Waals surface area contributed by atoms with Gasteiger partial charge in [-0.3, -0.25) is 4.57 Å². The summed E-state index contributed by atoms with van der Waals surface area (Å²) < 4.78 is 39.5. The second-order valence-corrected chi connectivity index (χ2v) is 9.85. The highest BCUT2D eigenvalue weighted by molar-refractivity contribution is 8.04. The summed E-state index contributed by atoms with van der Waals surface area (Å²) in [5, 5.41) is 12.6. The van der Waals surface area contributed by atoms with Crippen molar-refractivity contribution in [3.63, 3.8) is 0 Å². The van der Waals surface area contributed by atoms with Crippen molar-refractivity contribution in [3.8, 4) is 0 Å². The van der Waals surface area contributed by atoms with Crippen molar-refractivity contribution in [3.05, 3.63) is 48.0 Å². The van der Waals surface area contributed by atoms with Gasteiger partial charge in [0.2, 0.25) is 0 Å². The normalized spacial score (nSPS) is 19.0. The molecule has 2 rings (SSSR count). The molecule has 1 aliphatic heterocycles. The first-order chi connectivity index (χ1) is 13.6. The molecule has 0 radical (unpaired) electrons. The Kier molecular flexibility index (Phi) is 8.66. The molecular weight excluding hydrogens is 425 g/mol. The lowest BCUT2D eigenvalue weighted by Gasteiger charge is -2.23. The number of alkyl halides is 2. The zero-order chi connectivity index (χ0) is 21.5. The summed E-state index contributed by atoms with van der Waals surface area (Å²) in [6.07, 6.45) is 1.66. The molecule has 0 spiro atoms. The van der Waals surface area contributed by atoms with Crippen LogP contribution < -0.4 is 5.32 Å². The first-order valence-electron chi connectivity index (χ1n) is 9.08. The summed E-state index contributed by atoms with van der Waals surface area (Å²) in [5.74, 6) is -2.90. The number of benzene rings is 1. The molecule has 0 bridgehead atoms. The Hall–Kier alpha value is -1.45. The Labute approximate surface area is 172 Å².